The molecule has 2 aliphatic heterocycles. The molecule has 6 heteroatoms. The van der Waals surface area contributed by atoms with Gasteiger partial charge in [0.2, 0.25) is 5.91 Å². The van der Waals surface area contributed by atoms with E-state index in [1.165, 1.54) is 16.8 Å². The summed E-state index contributed by atoms with van der Waals surface area (Å²) in [4.78, 5) is 17.2. The fourth-order valence-electron chi connectivity index (χ4n) is 4.91. The lowest BCUT2D eigenvalue weighted by Gasteiger charge is -2.37. The van der Waals surface area contributed by atoms with E-state index >= 15 is 0 Å². The molecule has 0 bridgehead atoms. The highest BCUT2D eigenvalue weighted by atomic mass is 16.5. The van der Waals surface area contributed by atoms with E-state index in [2.05, 4.69) is 52.4 Å². The van der Waals surface area contributed by atoms with Crippen LogP contribution in [0.3, 0.4) is 0 Å². The first-order chi connectivity index (χ1) is 16.7. The van der Waals surface area contributed by atoms with E-state index in [1.807, 2.05) is 12.1 Å². The van der Waals surface area contributed by atoms with Crippen molar-refractivity contribution in [3.05, 3.63) is 59.2 Å². The predicted molar refractivity (Wildman–Crippen MR) is 137 cm³/mol. The van der Waals surface area contributed by atoms with E-state index in [4.69, 9.17) is 9.47 Å². The Morgan fingerprint density at radius 1 is 1.12 bits per heavy atom. The van der Waals surface area contributed by atoms with Crippen LogP contribution in [-0.4, -0.2) is 63.8 Å². The highest BCUT2D eigenvalue weighted by molar-refractivity contribution is 5.78. The zero-order valence-corrected chi connectivity index (χ0v) is 20.7. The first-order valence-electron chi connectivity index (χ1n) is 12.8. The van der Waals surface area contributed by atoms with Crippen molar-refractivity contribution >= 4 is 11.6 Å². The normalized spacial score (nSPS) is 18.4. The van der Waals surface area contributed by atoms with Gasteiger partial charge in [-0.3, -0.25) is 9.69 Å². The first-order valence-corrected chi connectivity index (χ1v) is 12.8. The number of unbranched alkanes of at least 4 members (excludes halogenated alkanes) is 1. The number of piperazine rings is 1. The number of benzene rings is 2. The number of nitrogens with one attached hydrogen (secondary N) is 1. The average molecular weight is 466 g/mol. The molecule has 1 amide bonds. The number of nitrogens with zero attached hydrogens (tertiary/aromatic N) is 2. The van der Waals surface area contributed by atoms with Gasteiger partial charge in [0.25, 0.3) is 0 Å². The van der Waals surface area contributed by atoms with Gasteiger partial charge >= 0.3 is 0 Å². The number of ether oxygens (including phenoxy) is 2. The average Bonchev–Trinajstić information content (AvgIpc) is 2.88. The molecule has 0 saturated carbocycles. The molecule has 0 spiro atoms. The van der Waals surface area contributed by atoms with Crippen LogP contribution in [0.5, 0.6) is 5.75 Å². The molecule has 0 radical (unpaired) electrons. The Labute approximate surface area is 204 Å². The van der Waals surface area contributed by atoms with Gasteiger partial charge in [-0.15, -0.1) is 0 Å². The number of hydrogen-bond acceptors (Lipinski definition) is 5. The van der Waals surface area contributed by atoms with Crippen molar-refractivity contribution in [3.8, 4) is 5.75 Å². The third-order valence-electron chi connectivity index (χ3n) is 6.98. The van der Waals surface area contributed by atoms with E-state index in [9.17, 15) is 4.79 Å². The summed E-state index contributed by atoms with van der Waals surface area (Å²) in [5, 5.41) is 3.02. The molecule has 1 unspecified atom stereocenters. The smallest absolute Gasteiger partial charge is 0.224 e. The van der Waals surface area contributed by atoms with Crippen molar-refractivity contribution in [2.45, 2.75) is 45.1 Å². The van der Waals surface area contributed by atoms with Gasteiger partial charge in [-0.2, -0.15) is 0 Å². The Kier molecular flexibility index (Phi) is 8.83. The largest absolute Gasteiger partial charge is 0.497 e. The Morgan fingerprint density at radius 2 is 1.91 bits per heavy atom. The summed E-state index contributed by atoms with van der Waals surface area (Å²) in [7, 11) is 1.70. The fraction of sp³-hybridized carbons (Fsp3) is 0.536. The molecule has 6 nitrogen and oxygen atoms in total. The molecule has 2 aromatic rings. The molecule has 0 aromatic heterocycles. The summed E-state index contributed by atoms with van der Waals surface area (Å²) in [5.41, 5.74) is 5.01. The molecule has 4 rings (SSSR count). The molecular weight excluding hydrogens is 426 g/mol. The van der Waals surface area contributed by atoms with Crippen molar-refractivity contribution in [1.82, 2.24) is 10.2 Å². The second-order valence-electron chi connectivity index (χ2n) is 9.34. The van der Waals surface area contributed by atoms with Gasteiger partial charge in [0, 0.05) is 45.0 Å². The standard InChI is InChI=1S/C28H39N3O3/c1-3-4-13-29-28(32)21-22-5-10-26-23(20-22)12-19-34-27(26)11-14-30-15-17-31(18-16-30)24-6-8-25(33-2)9-7-24/h5-10,20,27H,3-4,11-19,21H2,1-2H3,(H,29,32). The minimum Gasteiger partial charge on any atom is -0.497 e. The van der Waals surface area contributed by atoms with E-state index < -0.39 is 0 Å². The van der Waals surface area contributed by atoms with E-state index in [1.54, 1.807) is 7.11 Å². The third kappa shape index (κ3) is 6.51. The summed E-state index contributed by atoms with van der Waals surface area (Å²) in [6.07, 6.45) is 4.67. The van der Waals surface area contributed by atoms with E-state index in [0.29, 0.717) is 6.42 Å². The second-order valence-corrected chi connectivity index (χ2v) is 9.34. The van der Waals surface area contributed by atoms with Crippen molar-refractivity contribution < 1.29 is 14.3 Å². The number of anilines is 1. The fourth-order valence-corrected chi connectivity index (χ4v) is 4.91. The van der Waals surface area contributed by atoms with Crippen LogP contribution in [0.25, 0.3) is 0 Å². The van der Waals surface area contributed by atoms with E-state index in [0.717, 1.165) is 82.9 Å². The van der Waals surface area contributed by atoms with Gasteiger partial charge in [-0.25, -0.2) is 0 Å². The van der Waals surface area contributed by atoms with Crippen LogP contribution < -0.4 is 15.0 Å². The van der Waals surface area contributed by atoms with Gasteiger partial charge in [-0.1, -0.05) is 31.5 Å². The first kappa shape index (κ1) is 24.6. The Hall–Kier alpha value is -2.57. The maximum absolute atomic E-state index is 12.2. The van der Waals surface area contributed by atoms with Crippen LogP contribution in [-0.2, 0) is 22.4 Å². The summed E-state index contributed by atoms with van der Waals surface area (Å²) in [6, 6.07) is 14.9. The Balaban J connectivity index is 1.26. The lowest BCUT2D eigenvalue weighted by atomic mass is 9.93. The number of fused-ring (bicyclic) bond motifs is 1. The maximum Gasteiger partial charge on any atom is 0.224 e. The minimum absolute atomic E-state index is 0.116. The van der Waals surface area contributed by atoms with Crippen LogP contribution in [0.4, 0.5) is 5.69 Å². The molecular formula is C28H39N3O3. The quantitative estimate of drug-likeness (QED) is 0.538. The van der Waals surface area contributed by atoms with Crippen molar-refractivity contribution in [1.29, 1.82) is 0 Å². The number of rotatable bonds is 10. The third-order valence-corrected chi connectivity index (χ3v) is 6.98. The van der Waals surface area contributed by atoms with Crippen LogP contribution in [0.15, 0.2) is 42.5 Å². The molecule has 34 heavy (non-hydrogen) atoms. The molecule has 1 fully saturated rings. The summed E-state index contributed by atoms with van der Waals surface area (Å²) >= 11 is 0. The zero-order chi connectivity index (χ0) is 23.8. The molecule has 2 heterocycles. The van der Waals surface area contributed by atoms with Crippen LogP contribution in [0.2, 0.25) is 0 Å². The summed E-state index contributed by atoms with van der Waals surface area (Å²) < 4.78 is 11.4. The zero-order valence-electron chi connectivity index (χ0n) is 20.7. The number of hydrogen-bond donors (Lipinski definition) is 1. The molecule has 1 N–H and O–H groups in total. The van der Waals surface area contributed by atoms with Crippen molar-refractivity contribution in [2.75, 3.05) is 57.9 Å². The van der Waals surface area contributed by atoms with Crippen molar-refractivity contribution in [3.63, 3.8) is 0 Å². The van der Waals surface area contributed by atoms with Gasteiger partial charge in [0.1, 0.15) is 5.75 Å². The lowest BCUT2D eigenvalue weighted by molar-refractivity contribution is -0.120. The van der Waals surface area contributed by atoms with Crippen molar-refractivity contribution in [2.24, 2.45) is 0 Å². The number of amides is 1. The molecule has 1 atom stereocenters. The minimum atomic E-state index is 0.116. The second kappa shape index (κ2) is 12.2. The predicted octanol–water partition coefficient (Wildman–Crippen LogP) is 3.98. The van der Waals surface area contributed by atoms with E-state index in [-0.39, 0.29) is 12.0 Å². The molecule has 184 valence electrons. The molecule has 1 saturated heterocycles. The summed E-state index contributed by atoms with van der Waals surface area (Å²) in [6.45, 7) is 8.92. The Bertz CT molecular complexity index is 923. The van der Waals surface area contributed by atoms with Gasteiger partial charge in [0.15, 0.2) is 0 Å². The van der Waals surface area contributed by atoms with Crippen LogP contribution in [0, 0.1) is 0 Å². The maximum atomic E-state index is 12.2. The van der Waals surface area contributed by atoms with Gasteiger partial charge < -0.3 is 19.7 Å². The highest BCUT2D eigenvalue weighted by Gasteiger charge is 2.24. The molecule has 0 aliphatic carbocycles. The van der Waals surface area contributed by atoms with Gasteiger partial charge in [-0.05, 0) is 60.2 Å². The number of methoxy groups -OCH3 is 1. The van der Waals surface area contributed by atoms with Crippen LogP contribution >= 0.6 is 0 Å². The Morgan fingerprint density at radius 3 is 2.65 bits per heavy atom. The van der Waals surface area contributed by atoms with Gasteiger partial charge in [0.05, 0.1) is 26.2 Å². The lowest BCUT2D eigenvalue weighted by Crippen LogP contribution is -2.46. The number of carbonyl (C=O) groups excluding carboxylic acids is 1. The topological polar surface area (TPSA) is 54.0 Å². The molecule has 2 aliphatic rings. The number of carbonyl (C=O) groups is 1. The molecule has 2 aromatic carbocycles. The monoisotopic (exact) mass is 465 g/mol. The summed E-state index contributed by atoms with van der Waals surface area (Å²) in [5.74, 6) is 1.02. The van der Waals surface area contributed by atoms with Crippen LogP contribution in [0.1, 0.15) is 49.0 Å². The SMILES string of the molecule is CCCCNC(=O)Cc1ccc2c(c1)CCOC2CCN1CCN(c2ccc(OC)cc2)CC1. The highest BCUT2D eigenvalue weighted by Crippen LogP contribution is 2.31.